The quantitative estimate of drug-likeness (QED) is 0.648. The second kappa shape index (κ2) is 4.80. The summed E-state index contributed by atoms with van der Waals surface area (Å²) < 4.78 is 5.64. The first-order chi connectivity index (χ1) is 5.74. The Morgan fingerprint density at radius 3 is 3.00 bits per heavy atom. The number of rotatable bonds is 3. The molecule has 0 aromatic carbocycles. The molecule has 0 aromatic rings. The summed E-state index contributed by atoms with van der Waals surface area (Å²) in [5.74, 6) is 0.611. The normalized spacial score (nSPS) is 33.2. The van der Waals surface area contributed by atoms with Crippen molar-refractivity contribution in [2.75, 3.05) is 19.7 Å². The number of hydrogen-bond donors (Lipinski definition) is 2. The standard InChI is InChI=1S/C9H19NO2/c1-7-3-4-10-5-9(7)12-8(2)6-11/h7-11H,3-6H2,1-2H3. The van der Waals surface area contributed by atoms with E-state index in [2.05, 4.69) is 12.2 Å². The zero-order valence-electron chi connectivity index (χ0n) is 7.92. The van der Waals surface area contributed by atoms with Crippen molar-refractivity contribution in [3.05, 3.63) is 0 Å². The van der Waals surface area contributed by atoms with Crippen molar-refractivity contribution in [1.82, 2.24) is 5.32 Å². The van der Waals surface area contributed by atoms with Gasteiger partial charge in [-0.25, -0.2) is 0 Å². The lowest BCUT2D eigenvalue weighted by Gasteiger charge is -2.31. The fourth-order valence-electron chi connectivity index (χ4n) is 1.48. The van der Waals surface area contributed by atoms with Crippen molar-refractivity contribution >= 4 is 0 Å². The summed E-state index contributed by atoms with van der Waals surface area (Å²) in [7, 11) is 0. The van der Waals surface area contributed by atoms with Gasteiger partial charge in [0.15, 0.2) is 0 Å². The van der Waals surface area contributed by atoms with Crippen molar-refractivity contribution in [2.24, 2.45) is 5.92 Å². The highest BCUT2D eigenvalue weighted by Gasteiger charge is 2.22. The van der Waals surface area contributed by atoms with Crippen LogP contribution in [0.2, 0.25) is 0 Å². The SMILES string of the molecule is CC(CO)OC1CNCCC1C. The summed E-state index contributed by atoms with van der Waals surface area (Å²) in [4.78, 5) is 0. The lowest BCUT2D eigenvalue weighted by Crippen LogP contribution is -2.43. The van der Waals surface area contributed by atoms with Gasteiger partial charge in [-0.2, -0.15) is 0 Å². The highest BCUT2D eigenvalue weighted by Crippen LogP contribution is 2.15. The Balaban J connectivity index is 2.28. The minimum absolute atomic E-state index is 0.0302. The van der Waals surface area contributed by atoms with Crippen molar-refractivity contribution in [1.29, 1.82) is 0 Å². The fraction of sp³-hybridized carbons (Fsp3) is 1.00. The summed E-state index contributed by atoms with van der Waals surface area (Å²) >= 11 is 0. The number of ether oxygens (including phenoxy) is 1. The van der Waals surface area contributed by atoms with Crippen LogP contribution in [-0.4, -0.2) is 37.0 Å². The van der Waals surface area contributed by atoms with Crippen LogP contribution in [0.4, 0.5) is 0 Å². The van der Waals surface area contributed by atoms with E-state index in [9.17, 15) is 0 Å². The van der Waals surface area contributed by atoms with Gasteiger partial charge in [0, 0.05) is 6.54 Å². The van der Waals surface area contributed by atoms with E-state index < -0.39 is 0 Å². The van der Waals surface area contributed by atoms with E-state index in [1.165, 1.54) is 6.42 Å². The average molecular weight is 173 g/mol. The van der Waals surface area contributed by atoms with Gasteiger partial charge in [-0.1, -0.05) is 6.92 Å². The van der Waals surface area contributed by atoms with Crippen LogP contribution in [0.3, 0.4) is 0 Å². The first-order valence-electron chi connectivity index (χ1n) is 4.71. The molecule has 3 heteroatoms. The Morgan fingerprint density at radius 1 is 1.67 bits per heavy atom. The minimum Gasteiger partial charge on any atom is -0.394 e. The van der Waals surface area contributed by atoms with Crippen LogP contribution in [0.15, 0.2) is 0 Å². The van der Waals surface area contributed by atoms with Gasteiger partial charge < -0.3 is 15.2 Å². The van der Waals surface area contributed by atoms with E-state index in [0.717, 1.165) is 13.1 Å². The number of aliphatic hydroxyl groups excluding tert-OH is 1. The summed E-state index contributed by atoms with van der Waals surface area (Å²) in [5.41, 5.74) is 0. The molecule has 3 atom stereocenters. The zero-order chi connectivity index (χ0) is 8.97. The Hall–Kier alpha value is -0.120. The molecule has 0 bridgehead atoms. The van der Waals surface area contributed by atoms with E-state index in [0.29, 0.717) is 5.92 Å². The van der Waals surface area contributed by atoms with Crippen LogP contribution < -0.4 is 5.32 Å². The molecule has 2 N–H and O–H groups in total. The molecule has 1 aliphatic heterocycles. The molecule has 0 aromatic heterocycles. The van der Waals surface area contributed by atoms with E-state index in [1.54, 1.807) is 0 Å². The van der Waals surface area contributed by atoms with Gasteiger partial charge in [-0.3, -0.25) is 0 Å². The highest BCUT2D eigenvalue weighted by atomic mass is 16.5. The van der Waals surface area contributed by atoms with E-state index >= 15 is 0 Å². The van der Waals surface area contributed by atoms with E-state index in [-0.39, 0.29) is 18.8 Å². The summed E-state index contributed by atoms with van der Waals surface area (Å²) in [6.45, 7) is 6.24. The van der Waals surface area contributed by atoms with Gasteiger partial charge in [-0.05, 0) is 25.8 Å². The van der Waals surface area contributed by atoms with E-state index in [1.807, 2.05) is 6.92 Å². The smallest absolute Gasteiger partial charge is 0.0782 e. The van der Waals surface area contributed by atoms with Crippen LogP contribution >= 0.6 is 0 Å². The first kappa shape index (κ1) is 9.96. The zero-order valence-corrected chi connectivity index (χ0v) is 7.92. The number of hydrogen-bond acceptors (Lipinski definition) is 3. The maximum atomic E-state index is 8.81. The van der Waals surface area contributed by atoms with Gasteiger partial charge in [0.25, 0.3) is 0 Å². The van der Waals surface area contributed by atoms with Crippen molar-refractivity contribution < 1.29 is 9.84 Å². The Bertz CT molecular complexity index is 130. The highest BCUT2D eigenvalue weighted by molar-refractivity contribution is 4.76. The van der Waals surface area contributed by atoms with Crippen LogP contribution in [0.5, 0.6) is 0 Å². The van der Waals surface area contributed by atoms with Gasteiger partial charge in [-0.15, -0.1) is 0 Å². The molecule has 3 unspecified atom stereocenters. The largest absolute Gasteiger partial charge is 0.394 e. The molecule has 0 amide bonds. The molecule has 12 heavy (non-hydrogen) atoms. The van der Waals surface area contributed by atoms with Crippen molar-refractivity contribution in [3.8, 4) is 0 Å². The molecule has 0 saturated carbocycles. The third-order valence-electron chi connectivity index (χ3n) is 2.42. The van der Waals surface area contributed by atoms with Crippen LogP contribution in [0.1, 0.15) is 20.3 Å². The fourth-order valence-corrected chi connectivity index (χ4v) is 1.48. The topological polar surface area (TPSA) is 41.5 Å². The lowest BCUT2D eigenvalue weighted by atomic mass is 9.97. The molecular weight excluding hydrogens is 154 g/mol. The van der Waals surface area contributed by atoms with Gasteiger partial charge >= 0.3 is 0 Å². The maximum Gasteiger partial charge on any atom is 0.0782 e. The van der Waals surface area contributed by atoms with E-state index in [4.69, 9.17) is 9.84 Å². The molecule has 1 fully saturated rings. The van der Waals surface area contributed by atoms with Crippen molar-refractivity contribution in [2.45, 2.75) is 32.5 Å². The second-order valence-corrected chi connectivity index (χ2v) is 3.64. The molecule has 0 radical (unpaired) electrons. The number of aliphatic hydroxyl groups is 1. The molecule has 1 heterocycles. The molecule has 0 spiro atoms. The minimum atomic E-state index is -0.0302. The first-order valence-corrected chi connectivity index (χ1v) is 4.71. The Labute approximate surface area is 74.1 Å². The third-order valence-corrected chi connectivity index (χ3v) is 2.42. The van der Waals surface area contributed by atoms with Crippen LogP contribution in [-0.2, 0) is 4.74 Å². The van der Waals surface area contributed by atoms with Crippen LogP contribution in [0, 0.1) is 5.92 Å². The monoisotopic (exact) mass is 173 g/mol. The molecular formula is C9H19NO2. The Kier molecular flexibility index (Phi) is 3.98. The molecule has 1 saturated heterocycles. The molecule has 3 nitrogen and oxygen atoms in total. The summed E-state index contributed by atoms with van der Waals surface area (Å²) in [6.07, 6.45) is 1.42. The van der Waals surface area contributed by atoms with Gasteiger partial charge in [0.05, 0.1) is 18.8 Å². The summed E-state index contributed by atoms with van der Waals surface area (Å²) in [5, 5.41) is 12.1. The summed E-state index contributed by atoms with van der Waals surface area (Å²) in [6, 6.07) is 0. The Morgan fingerprint density at radius 2 is 2.42 bits per heavy atom. The molecule has 72 valence electrons. The number of piperidine rings is 1. The molecule has 0 aliphatic carbocycles. The number of nitrogens with one attached hydrogen (secondary N) is 1. The molecule has 1 aliphatic rings. The van der Waals surface area contributed by atoms with Gasteiger partial charge in [0.2, 0.25) is 0 Å². The van der Waals surface area contributed by atoms with Crippen molar-refractivity contribution in [3.63, 3.8) is 0 Å². The lowest BCUT2D eigenvalue weighted by molar-refractivity contribution is -0.0596. The average Bonchev–Trinajstić information content (AvgIpc) is 2.09. The predicted molar refractivity (Wildman–Crippen MR) is 48.1 cm³/mol. The van der Waals surface area contributed by atoms with Crippen LogP contribution in [0.25, 0.3) is 0 Å². The maximum absolute atomic E-state index is 8.81. The third kappa shape index (κ3) is 2.73. The predicted octanol–water partition coefficient (Wildman–Crippen LogP) is 0.382. The van der Waals surface area contributed by atoms with Gasteiger partial charge in [0.1, 0.15) is 0 Å². The second-order valence-electron chi connectivity index (χ2n) is 3.64. The molecule has 1 rings (SSSR count).